The maximum absolute atomic E-state index is 12.6. The third kappa shape index (κ3) is 4.19. The van der Waals surface area contributed by atoms with E-state index in [1.165, 1.54) is 24.1 Å². The molecule has 0 saturated carbocycles. The van der Waals surface area contributed by atoms with Crippen molar-refractivity contribution in [2.45, 2.75) is 25.6 Å². The SMILES string of the molecule is CC(CC(N)=S)N(C)C(=O)c1cccc(C(F)(F)F)c1. The van der Waals surface area contributed by atoms with Gasteiger partial charge in [0.05, 0.1) is 10.6 Å². The Bertz CT molecular complexity index is 517. The molecule has 0 radical (unpaired) electrons. The van der Waals surface area contributed by atoms with Crippen LogP contribution < -0.4 is 5.73 Å². The number of thiocarbonyl (C=S) groups is 1. The van der Waals surface area contributed by atoms with Crippen LogP contribution in [0.4, 0.5) is 13.2 Å². The number of nitrogens with zero attached hydrogens (tertiary/aromatic N) is 1. The van der Waals surface area contributed by atoms with Gasteiger partial charge in [0.1, 0.15) is 0 Å². The van der Waals surface area contributed by atoms with E-state index in [2.05, 4.69) is 0 Å². The minimum Gasteiger partial charge on any atom is -0.393 e. The van der Waals surface area contributed by atoms with Crippen molar-refractivity contribution in [2.24, 2.45) is 5.73 Å². The van der Waals surface area contributed by atoms with Crippen LogP contribution in [0.15, 0.2) is 24.3 Å². The lowest BCUT2D eigenvalue weighted by Crippen LogP contribution is -2.37. The van der Waals surface area contributed by atoms with E-state index in [9.17, 15) is 18.0 Å². The minimum atomic E-state index is -4.47. The highest BCUT2D eigenvalue weighted by Gasteiger charge is 2.31. The minimum absolute atomic E-state index is 0.0166. The zero-order valence-corrected chi connectivity index (χ0v) is 11.9. The lowest BCUT2D eigenvalue weighted by molar-refractivity contribution is -0.137. The lowest BCUT2D eigenvalue weighted by atomic mass is 10.1. The third-order valence-corrected chi connectivity index (χ3v) is 3.08. The van der Waals surface area contributed by atoms with Gasteiger partial charge >= 0.3 is 6.18 Å². The van der Waals surface area contributed by atoms with Gasteiger partial charge in [-0.1, -0.05) is 18.3 Å². The van der Waals surface area contributed by atoms with E-state index in [0.717, 1.165) is 12.1 Å². The van der Waals surface area contributed by atoms with Crippen LogP contribution in [0.25, 0.3) is 0 Å². The average Bonchev–Trinajstić information content (AvgIpc) is 2.35. The van der Waals surface area contributed by atoms with Crippen LogP contribution in [0.5, 0.6) is 0 Å². The van der Waals surface area contributed by atoms with Crippen LogP contribution in [-0.4, -0.2) is 28.9 Å². The molecule has 1 atom stereocenters. The third-order valence-electron chi connectivity index (χ3n) is 2.91. The second kappa shape index (κ2) is 6.21. The van der Waals surface area contributed by atoms with Gasteiger partial charge < -0.3 is 10.6 Å². The molecule has 0 aliphatic carbocycles. The van der Waals surface area contributed by atoms with Gasteiger partial charge in [-0.25, -0.2) is 0 Å². The molecule has 0 aromatic heterocycles. The first-order chi connectivity index (χ1) is 9.12. The predicted octanol–water partition coefficient (Wildman–Crippen LogP) is 2.84. The van der Waals surface area contributed by atoms with Crippen molar-refractivity contribution in [1.29, 1.82) is 0 Å². The average molecular weight is 304 g/mol. The van der Waals surface area contributed by atoms with E-state index in [0.29, 0.717) is 6.42 Å². The second-order valence-corrected chi connectivity index (χ2v) is 5.04. The standard InChI is InChI=1S/C13H15F3N2OS/c1-8(6-11(17)20)18(2)12(19)9-4-3-5-10(7-9)13(14,15)16/h3-5,7-8H,6H2,1-2H3,(H2,17,20). The first kappa shape index (κ1) is 16.4. The van der Waals surface area contributed by atoms with Crippen LogP contribution in [0.1, 0.15) is 29.3 Å². The number of benzene rings is 1. The summed E-state index contributed by atoms with van der Waals surface area (Å²) in [6.07, 6.45) is -4.16. The first-order valence-electron chi connectivity index (χ1n) is 5.85. The summed E-state index contributed by atoms with van der Waals surface area (Å²) in [6.45, 7) is 1.73. The molecule has 0 heterocycles. The summed E-state index contributed by atoms with van der Waals surface area (Å²) in [5.41, 5.74) is 4.53. The number of carbonyl (C=O) groups is 1. The van der Waals surface area contributed by atoms with Crippen molar-refractivity contribution in [3.63, 3.8) is 0 Å². The van der Waals surface area contributed by atoms with Crippen molar-refractivity contribution in [3.05, 3.63) is 35.4 Å². The Kier molecular flexibility index (Phi) is 5.10. The van der Waals surface area contributed by atoms with Gasteiger partial charge in [-0.2, -0.15) is 13.2 Å². The molecule has 0 aliphatic heterocycles. The quantitative estimate of drug-likeness (QED) is 0.870. The van der Waals surface area contributed by atoms with E-state index in [1.807, 2.05) is 0 Å². The van der Waals surface area contributed by atoms with E-state index in [4.69, 9.17) is 18.0 Å². The highest BCUT2D eigenvalue weighted by Crippen LogP contribution is 2.29. The van der Waals surface area contributed by atoms with E-state index in [1.54, 1.807) is 6.92 Å². The molecule has 0 spiro atoms. The lowest BCUT2D eigenvalue weighted by Gasteiger charge is -2.25. The number of halogens is 3. The number of hydrogen-bond acceptors (Lipinski definition) is 2. The molecule has 0 fully saturated rings. The Balaban J connectivity index is 2.95. The second-order valence-electron chi connectivity index (χ2n) is 4.51. The fourth-order valence-corrected chi connectivity index (χ4v) is 1.90. The molecule has 1 unspecified atom stereocenters. The van der Waals surface area contributed by atoms with Crippen LogP contribution in [0.3, 0.4) is 0 Å². The number of alkyl halides is 3. The van der Waals surface area contributed by atoms with Gasteiger partial charge in [-0.3, -0.25) is 4.79 Å². The molecule has 1 aromatic carbocycles. The highest BCUT2D eigenvalue weighted by atomic mass is 32.1. The maximum atomic E-state index is 12.6. The Labute approximate surface area is 120 Å². The van der Waals surface area contributed by atoms with Crippen molar-refractivity contribution in [1.82, 2.24) is 4.90 Å². The molecule has 20 heavy (non-hydrogen) atoms. The Morgan fingerprint density at radius 2 is 2.05 bits per heavy atom. The molecule has 7 heteroatoms. The molecule has 1 rings (SSSR count). The molecule has 110 valence electrons. The Hall–Kier alpha value is -1.63. The topological polar surface area (TPSA) is 46.3 Å². The first-order valence-corrected chi connectivity index (χ1v) is 6.26. The van der Waals surface area contributed by atoms with Crippen LogP contribution >= 0.6 is 12.2 Å². The van der Waals surface area contributed by atoms with E-state index < -0.39 is 17.6 Å². The van der Waals surface area contributed by atoms with Crippen molar-refractivity contribution < 1.29 is 18.0 Å². The monoisotopic (exact) mass is 304 g/mol. The van der Waals surface area contributed by atoms with Crippen molar-refractivity contribution in [3.8, 4) is 0 Å². The summed E-state index contributed by atoms with van der Waals surface area (Å²) in [5, 5.41) is 0. The molecule has 1 aromatic rings. The van der Waals surface area contributed by atoms with E-state index in [-0.39, 0.29) is 16.6 Å². The van der Waals surface area contributed by atoms with Crippen LogP contribution in [-0.2, 0) is 6.18 Å². The Morgan fingerprint density at radius 1 is 1.45 bits per heavy atom. The van der Waals surface area contributed by atoms with Gasteiger partial charge in [0.15, 0.2) is 0 Å². The number of amides is 1. The van der Waals surface area contributed by atoms with Gasteiger partial charge in [-0.05, 0) is 25.1 Å². The zero-order valence-electron chi connectivity index (χ0n) is 11.1. The van der Waals surface area contributed by atoms with Gasteiger partial charge in [0, 0.05) is 25.1 Å². The van der Waals surface area contributed by atoms with Crippen molar-refractivity contribution >= 4 is 23.1 Å². The highest BCUT2D eigenvalue weighted by molar-refractivity contribution is 7.80. The van der Waals surface area contributed by atoms with Gasteiger partial charge in [0.25, 0.3) is 5.91 Å². The molecule has 0 aliphatic rings. The normalized spacial score (nSPS) is 12.8. The fourth-order valence-electron chi connectivity index (χ4n) is 1.66. The summed E-state index contributed by atoms with van der Waals surface area (Å²) >= 11 is 4.75. The summed E-state index contributed by atoms with van der Waals surface area (Å²) in [6, 6.07) is 4.04. The molecular formula is C13H15F3N2OS. The molecule has 1 amide bonds. The predicted molar refractivity (Wildman–Crippen MR) is 74.4 cm³/mol. The molecule has 3 nitrogen and oxygen atoms in total. The molecule has 0 bridgehead atoms. The van der Waals surface area contributed by atoms with Gasteiger partial charge in [-0.15, -0.1) is 0 Å². The van der Waals surface area contributed by atoms with Crippen LogP contribution in [0.2, 0.25) is 0 Å². The zero-order chi connectivity index (χ0) is 15.5. The number of nitrogens with two attached hydrogens (primary N) is 1. The van der Waals surface area contributed by atoms with Gasteiger partial charge in [0.2, 0.25) is 0 Å². The smallest absolute Gasteiger partial charge is 0.393 e. The summed E-state index contributed by atoms with van der Waals surface area (Å²) in [7, 11) is 1.51. The fraction of sp³-hybridized carbons (Fsp3) is 0.385. The summed E-state index contributed by atoms with van der Waals surface area (Å²) in [5.74, 6) is -0.500. The summed E-state index contributed by atoms with van der Waals surface area (Å²) in [4.78, 5) is 13.7. The number of carbonyl (C=O) groups excluding carboxylic acids is 1. The number of rotatable bonds is 4. The molecular weight excluding hydrogens is 289 g/mol. The Morgan fingerprint density at radius 3 is 2.55 bits per heavy atom. The number of hydrogen-bond donors (Lipinski definition) is 1. The largest absolute Gasteiger partial charge is 0.416 e. The van der Waals surface area contributed by atoms with E-state index >= 15 is 0 Å². The molecule has 2 N–H and O–H groups in total. The molecule has 0 saturated heterocycles. The summed E-state index contributed by atoms with van der Waals surface area (Å²) < 4.78 is 37.8. The van der Waals surface area contributed by atoms with Crippen molar-refractivity contribution in [2.75, 3.05) is 7.05 Å². The van der Waals surface area contributed by atoms with Crippen LogP contribution in [0, 0.1) is 0 Å². The maximum Gasteiger partial charge on any atom is 0.416 e.